The summed E-state index contributed by atoms with van der Waals surface area (Å²) in [6.45, 7) is 0.461. The summed E-state index contributed by atoms with van der Waals surface area (Å²) < 4.78 is 0. The van der Waals surface area contributed by atoms with Gasteiger partial charge in [0.1, 0.15) is 6.04 Å². The normalized spacial score (nSPS) is 16.2. The molecule has 0 bridgehead atoms. The molecule has 1 aromatic heterocycles. The Bertz CT molecular complexity index is 1160. The summed E-state index contributed by atoms with van der Waals surface area (Å²) in [5.74, 6) is -0.616. The Morgan fingerprint density at radius 2 is 1.90 bits per heavy atom. The van der Waals surface area contributed by atoms with Gasteiger partial charge in [0, 0.05) is 27.8 Å². The van der Waals surface area contributed by atoms with Crippen molar-refractivity contribution in [3.05, 3.63) is 68.7 Å². The van der Waals surface area contributed by atoms with Gasteiger partial charge in [-0.1, -0.05) is 23.2 Å². The Labute approximate surface area is 175 Å². The fourth-order valence-corrected chi connectivity index (χ4v) is 4.02. The van der Waals surface area contributed by atoms with Gasteiger partial charge in [0.2, 0.25) is 5.91 Å². The summed E-state index contributed by atoms with van der Waals surface area (Å²) in [6, 6.07) is 8.89. The second kappa shape index (κ2) is 7.85. The molecule has 7 nitrogen and oxygen atoms in total. The predicted octanol–water partition coefficient (Wildman–Crippen LogP) is 3.47. The van der Waals surface area contributed by atoms with Crippen molar-refractivity contribution < 1.29 is 9.59 Å². The van der Waals surface area contributed by atoms with Crippen molar-refractivity contribution in [3.63, 3.8) is 0 Å². The van der Waals surface area contributed by atoms with E-state index in [1.807, 2.05) is 0 Å². The Morgan fingerprint density at radius 1 is 1.14 bits per heavy atom. The number of likely N-dealkylation sites (tertiary alicyclic amines) is 1. The number of nitrogens with one attached hydrogen (secondary N) is 2. The van der Waals surface area contributed by atoms with Crippen molar-refractivity contribution >= 4 is 51.6 Å². The molecule has 2 N–H and O–H groups in total. The van der Waals surface area contributed by atoms with Crippen molar-refractivity contribution in [1.82, 2.24) is 14.9 Å². The molecule has 3 aromatic rings. The van der Waals surface area contributed by atoms with Gasteiger partial charge in [0.05, 0.1) is 17.2 Å². The van der Waals surface area contributed by atoms with Gasteiger partial charge in [-0.05, 0) is 49.2 Å². The highest BCUT2D eigenvalue weighted by Crippen LogP contribution is 2.25. The van der Waals surface area contributed by atoms with Crippen LogP contribution in [0.5, 0.6) is 0 Å². The molecule has 2 amide bonds. The van der Waals surface area contributed by atoms with Crippen LogP contribution in [-0.4, -0.2) is 39.3 Å². The Balaban J connectivity index is 1.55. The molecule has 9 heteroatoms. The van der Waals surface area contributed by atoms with Crippen LogP contribution in [0.4, 0.5) is 5.69 Å². The van der Waals surface area contributed by atoms with E-state index in [-0.39, 0.29) is 17.4 Å². The summed E-state index contributed by atoms with van der Waals surface area (Å²) in [6.07, 6.45) is 2.58. The minimum Gasteiger partial charge on any atom is -0.327 e. The van der Waals surface area contributed by atoms with E-state index in [1.165, 1.54) is 23.4 Å². The van der Waals surface area contributed by atoms with Crippen molar-refractivity contribution in [1.29, 1.82) is 0 Å². The SMILES string of the molecule is O=C(Nc1ccc2nc[nH]c(=O)c2c1)C1CCCN1C(=O)c1cc(Cl)cc(Cl)c1. The van der Waals surface area contributed by atoms with Crippen molar-refractivity contribution in [2.24, 2.45) is 0 Å². The molecule has 29 heavy (non-hydrogen) atoms. The molecular formula is C20H16Cl2N4O3. The number of nitrogens with zero attached hydrogens (tertiary/aromatic N) is 2. The average Bonchev–Trinajstić information content (AvgIpc) is 3.17. The van der Waals surface area contributed by atoms with Gasteiger partial charge >= 0.3 is 0 Å². The molecule has 0 radical (unpaired) electrons. The van der Waals surface area contributed by atoms with Crippen LogP contribution < -0.4 is 10.9 Å². The topological polar surface area (TPSA) is 95.2 Å². The summed E-state index contributed by atoms with van der Waals surface area (Å²) >= 11 is 12.0. The van der Waals surface area contributed by atoms with Gasteiger partial charge in [-0.2, -0.15) is 0 Å². The lowest BCUT2D eigenvalue weighted by Crippen LogP contribution is -2.43. The Kier molecular flexibility index (Phi) is 5.25. The first kappa shape index (κ1) is 19.4. The number of hydrogen-bond acceptors (Lipinski definition) is 4. The molecule has 0 saturated carbocycles. The second-order valence-electron chi connectivity index (χ2n) is 6.77. The van der Waals surface area contributed by atoms with Crippen LogP contribution >= 0.6 is 23.2 Å². The third-order valence-corrected chi connectivity index (χ3v) is 5.27. The van der Waals surface area contributed by atoms with Crippen LogP contribution in [0.3, 0.4) is 0 Å². The largest absolute Gasteiger partial charge is 0.327 e. The minimum absolute atomic E-state index is 0.290. The molecule has 148 valence electrons. The fraction of sp³-hybridized carbons (Fsp3) is 0.200. The molecule has 0 aliphatic carbocycles. The lowest BCUT2D eigenvalue weighted by atomic mass is 10.1. The lowest BCUT2D eigenvalue weighted by molar-refractivity contribution is -0.119. The molecule has 1 unspecified atom stereocenters. The minimum atomic E-state index is -0.622. The van der Waals surface area contributed by atoms with Gasteiger partial charge < -0.3 is 15.2 Å². The van der Waals surface area contributed by atoms with Crippen molar-refractivity contribution in [2.75, 3.05) is 11.9 Å². The first-order chi connectivity index (χ1) is 13.9. The van der Waals surface area contributed by atoms with E-state index in [2.05, 4.69) is 15.3 Å². The number of aromatic amines is 1. The number of fused-ring (bicyclic) bond motifs is 1. The summed E-state index contributed by atoms with van der Waals surface area (Å²) in [7, 11) is 0. The highest BCUT2D eigenvalue weighted by Gasteiger charge is 2.34. The predicted molar refractivity (Wildman–Crippen MR) is 112 cm³/mol. The third-order valence-electron chi connectivity index (χ3n) is 4.83. The first-order valence-corrected chi connectivity index (χ1v) is 9.73. The third kappa shape index (κ3) is 3.97. The molecule has 1 saturated heterocycles. The smallest absolute Gasteiger partial charge is 0.258 e. The number of carbonyl (C=O) groups is 2. The van der Waals surface area contributed by atoms with E-state index in [4.69, 9.17) is 23.2 Å². The number of carbonyl (C=O) groups excluding carboxylic acids is 2. The molecule has 1 fully saturated rings. The summed E-state index contributed by atoms with van der Waals surface area (Å²) in [5.41, 5.74) is 1.04. The summed E-state index contributed by atoms with van der Waals surface area (Å²) in [5, 5.41) is 3.89. The van der Waals surface area contributed by atoms with Crippen LogP contribution in [0.2, 0.25) is 10.0 Å². The number of amides is 2. The van der Waals surface area contributed by atoms with Gasteiger partial charge in [-0.3, -0.25) is 14.4 Å². The zero-order valence-electron chi connectivity index (χ0n) is 15.1. The van der Waals surface area contributed by atoms with Crippen molar-refractivity contribution in [2.45, 2.75) is 18.9 Å². The Hall–Kier alpha value is -2.90. The monoisotopic (exact) mass is 430 g/mol. The summed E-state index contributed by atoms with van der Waals surface area (Å²) in [4.78, 5) is 45.8. The molecule has 1 atom stereocenters. The number of rotatable bonds is 3. The van der Waals surface area contributed by atoms with Gasteiger partial charge in [0.15, 0.2) is 0 Å². The number of hydrogen-bond donors (Lipinski definition) is 2. The maximum absolute atomic E-state index is 12.9. The van der Waals surface area contributed by atoms with Crippen LogP contribution in [-0.2, 0) is 4.79 Å². The van der Waals surface area contributed by atoms with E-state index in [1.54, 1.807) is 24.3 Å². The van der Waals surface area contributed by atoms with E-state index in [0.29, 0.717) is 51.6 Å². The van der Waals surface area contributed by atoms with E-state index >= 15 is 0 Å². The standard InChI is InChI=1S/C20H16Cl2N4O3/c21-12-6-11(7-13(22)8-12)20(29)26-5-1-2-17(26)19(28)25-14-3-4-16-15(9-14)18(27)24-10-23-16/h3-4,6-10,17H,1-2,5H2,(H,25,28)(H,23,24,27). The Morgan fingerprint density at radius 3 is 2.66 bits per heavy atom. The van der Waals surface area contributed by atoms with Gasteiger partial charge in [0.25, 0.3) is 11.5 Å². The van der Waals surface area contributed by atoms with Gasteiger partial charge in [-0.15, -0.1) is 0 Å². The number of aromatic nitrogens is 2. The van der Waals surface area contributed by atoms with E-state index < -0.39 is 6.04 Å². The molecule has 2 aromatic carbocycles. The zero-order chi connectivity index (χ0) is 20.5. The number of halogens is 2. The molecule has 4 rings (SSSR count). The quantitative estimate of drug-likeness (QED) is 0.664. The number of benzene rings is 2. The molecular weight excluding hydrogens is 415 g/mol. The van der Waals surface area contributed by atoms with Gasteiger partial charge in [-0.25, -0.2) is 4.98 Å². The second-order valence-corrected chi connectivity index (χ2v) is 7.64. The van der Waals surface area contributed by atoms with E-state index in [9.17, 15) is 14.4 Å². The number of anilines is 1. The van der Waals surface area contributed by atoms with Crippen LogP contribution in [0.1, 0.15) is 23.2 Å². The van der Waals surface area contributed by atoms with Crippen LogP contribution in [0.25, 0.3) is 10.9 Å². The molecule has 1 aliphatic heterocycles. The highest BCUT2D eigenvalue weighted by molar-refractivity contribution is 6.35. The fourth-order valence-electron chi connectivity index (χ4n) is 3.50. The first-order valence-electron chi connectivity index (χ1n) is 8.98. The highest BCUT2D eigenvalue weighted by atomic mass is 35.5. The lowest BCUT2D eigenvalue weighted by Gasteiger charge is -2.24. The zero-order valence-corrected chi connectivity index (χ0v) is 16.6. The number of H-pyrrole nitrogens is 1. The van der Waals surface area contributed by atoms with E-state index in [0.717, 1.165) is 0 Å². The molecule has 1 aliphatic rings. The molecule has 0 spiro atoms. The van der Waals surface area contributed by atoms with Crippen LogP contribution in [0, 0.1) is 0 Å². The average molecular weight is 431 g/mol. The maximum Gasteiger partial charge on any atom is 0.258 e. The van der Waals surface area contributed by atoms with Crippen LogP contribution in [0.15, 0.2) is 47.5 Å². The molecule has 2 heterocycles. The maximum atomic E-state index is 12.9. The van der Waals surface area contributed by atoms with Crippen molar-refractivity contribution in [3.8, 4) is 0 Å².